The van der Waals surface area contributed by atoms with E-state index in [-0.39, 0.29) is 29.2 Å². The lowest BCUT2D eigenvalue weighted by Gasteiger charge is -2.28. The quantitative estimate of drug-likeness (QED) is 0.623. The van der Waals surface area contributed by atoms with Crippen molar-refractivity contribution in [3.05, 3.63) is 65.4 Å². The van der Waals surface area contributed by atoms with Crippen LogP contribution in [0.25, 0.3) is 11.0 Å². The number of anilines is 1. The Morgan fingerprint density at radius 2 is 1.80 bits per heavy atom. The average Bonchev–Trinajstić information content (AvgIpc) is 3.25. The summed E-state index contributed by atoms with van der Waals surface area (Å²) in [6.45, 7) is 2.21. The molecule has 0 unspecified atom stereocenters. The predicted octanol–water partition coefficient (Wildman–Crippen LogP) is 3.64. The number of amides is 1. The molecule has 1 aliphatic heterocycles. The highest BCUT2D eigenvalue weighted by molar-refractivity contribution is 7.91. The zero-order valence-electron chi connectivity index (χ0n) is 17.5. The molecule has 0 saturated carbocycles. The van der Waals surface area contributed by atoms with Gasteiger partial charge in [-0.05, 0) is 37.1 Å². The van der Waals surface area contributed by atoms with Gasteiger partial charge in [0.1, 0.15) is 5.58 Å². The van der Waals surface area contributed by atoms with Crippen molar-refractivity contribution < 1.29 is 17.6 Å². The molecule has 30 heavy (non-hydrogen) atoms. The van der Waals surface area contributed by atoms with Crippen molar-refractivity contribution in [2.45, 2.75) is 25.9 Å². The molecule has 0 radical (unpaired) electrons. The van der Waals surface area contributed by atoms with Gasteiger partial charge >= 0.3 is 0 Å². The largest absolute Gasteiger partial charge is 0.451 e. The highest BCUT2D eigenvalue weighted by Crippen LogP contribution is 2.29. The SMILES string of the molecule is Cc1c(C(=O)N(Cc2ccc(N(C)C)cc2)[C@@H]2CCS(=O)(=O)C2)oc2ccccc12. The number of hydrogen-bond acceptors (Lipinski definition) is 5. The number of benzene rings is 2. The summed E-state index contributed by atoms with van der Waals surface area (Å²) in [5, 5.41) is 0.898. The number of rotatable bonds is 5. The summed E-state index contributed by atoms with van der Waals surface area (Å²) in [4.78, 5) is 17.2. The highest BCUT2D eigenvalue weighted by Gasteiger charge is 2.36. The molecule has 1 amide bonds. The molecular weight excluding hydrogens is 400 g/mol. The molecule has 4 rings (SSSR count). The fraction of sp³-hybridized carbons (Fsp3) is 0.348. The molecule has 0 bridgehead atoms. The van der Waals surface area contributed by atoms with E-state index in [2.05, 4.69) is 0 Å². The van der Waals surface area contributed by atoms with Crippen LogP contribution in [0.2, 0.25) is 0 Å². The van der Waals surface area contributed by atoms with Crippen LogP contribution in [0.5, 0.6) is 0 Å². The van der Waals surface area contributed by atoms with Gasteiger partial charge in [0.05, 0.1) is 11.5 Å². The van der Waals surface area contributed by atoms with Crippen molar-refractivity contribution in [1.29, 1.82) is 0 Å². The predicted molar refractivity (Wildman–Crippen MR) is 119 cm³/mol. The molecule has 0 aliphatic carbocycles. The first-order chi connectivity index (χ1) is 14.2. The summed E-state index contributed by atoms with van der Waals surface area (Å²) >= 11 is 0. The van der Waals surface area contributed by atoms with E-state index >= 15 is 0 Å². The fourth-order valence-corrected chi connectivity index (χ4v) is 5.72. The summed E-state index contributed by atoms with van der Waals surface area (Å²) in [6.07, 6.45) is 0.448. The summed E-state index contributed by atoms with van der Waals surface area (Å²) in [5.74, 6) is 0.126. The lowest BCUT2D eigenvalue weighted by molar-refractivity contribution is 0.0649. The van der Waals surface area contributed by atoms with Gasteiger partial charge in [-0.2, -0.15) is 0 Å². The number of aryl methyl sites for hydroxylation is 1. The first kappa shape index (κ1) is 20.5. The van der Waals surface area contributed by atoms with Crippen LogP contribution in [-0.4, -0.2) is 50.9 Å². The van der Waals surface area contributed by atoms with E-state index in [0.717, 1.165) is 22.2 Å². The van der Waals surface area contributed by atoms with Crippen LogP contribution >= 0.6 is 0 Å². The third-order valence-electron chi connectivity index (χ3n) is 5.75. The van der Waals surface area contributed by atoms with Gasteiger partial charge in [0.2, 0.25) is 0 Å². The molecule has 1 aliphatic rings. The maximum absolute atomic E-state index is 13.5. The number of carbonyl (C=O) groups excluding carboxylic acids is 1. The second-order valence-electron chi connectivity index (χ2n) is 8.10. The number of furan rings is 1. The molecule has 1 saturated heterocycles. The standard InChI is InChI=1S/C23H26N2O4S/c1-16-20-6-4-5-7-21(20)29-22(16)23(26)25(19-12-13-30(27,28)15-19)14-17-8-10-18(11-9-17)24(2)3/h4-11,19H,12-15H2,1-3H3/t19-/m1/s1. The lowest BCUT2D eigenvalue weighted by atomic mass is 10.1. The van der Waals surface area contributed by atoms with Crippen molar-refractivity contribution in [1.82, 2.24) is 4.90 Å². The molecule has 2 heterocycles. The number of para-hydroxylation sites is 1. The molecule has 1 aromatic heterocycles. The third kappa shape index (κ3) is 3.94. The second kappa shape index (κ2) is 7.80. The van der Waals surface area contributed by atoms with E-state index in [1.165, 1.54) is 0 Å². The number of sulfone groups is 1. The van der Waals surface area contributed by atoms with Crippen LogP contribution in [0.4, 0.5) is 5.69 Å². The molecule has 1 atom stereocenters. The van der Waals surface area contributed by atoms with E-state index in [1.54, 1.807) is 4.90 Å². The van der Waals surface area contributed by atoms with E-state index in [1.807, 2.05) is 74.4 Å². The maximum atomic E-state index is 13.5. The van der Waals surface area contributed by atoms with Crippen molar-refractivity contribution in [2.75, 3.05) is 30.5 Å². The molecule has 2 aromatic carbocycles. The Hall–Kier alpha value is -2.80. The number of carbonyl (C=O) groups is 1. The van der Waals surface area contributed by atoms with Gasteiger partial charge in [-0.25, -0.2) is 8.42 Å². The Labute approximate surface area is 177 Å². The maximum Gasteiger partial charge on any atom is 0.290 e. The molecule has 158 valence electrons. The topological polar surface area (TPSA) is 70.8 Å². The second-order valence-corrected chi connectivity index (χ2v) is 10.3. The summed E-state index contributed by atoms with van der Waals surface area (Å²) in [6, 6.07) is 15.1. The Kier molecular flexibility index (Phi) is 5.32. The Morgan fingerprint density at radius 3 is 2.40 bits per heavy atom. The van der Waals surface area contributed by atoms with Crippen molar-refractivity contribution >= 4 is 32.4 Å². The Balaban J connectivity index is 1.69. The van der Waals surface area contributed by atoms with Crippen molar-refractivity contribution in [3.8, 4) is 0 Å². The zero-order chi connectivity index (χ0) is 21.5. The smallest absolute Gasteiger partial charge is 0.290 e. The first-order valence-electron chi connectivity index (χ1n) is 10.0. The third-order valence-corrected chi connectivity index (χ3v) is 7.50. The van der Waals surface area contributed by atoms with Crippen LogP contribution in [0.1, 0.15) is 28.1 Å². The minimum atomic E-state index is -3.13. The molecule has 6 nitrogen and oxygen atoms in total. The van der Waals surface area contributed by atoms with E-state index < -0.39 is 9.84 Å². The molecular formula is C23H26N2O4S. The van der Waals surface area contributed by atoms with Crippen LogP contribution in [0.3, 0.4) is 0 Å². The average molecular weight is 427 g/mol. The summed E-state index contributed by atoms with van der Waals surface area (Å²) < 4.78 is 30.1. The molecule has 7 heteroatoms. The van der Waals surface area contributed by atoms with Gasteiger partial charge in [-0.1, -0.05) is 30.3 Å². The number of fused-ring (bicyclic) bond motifs is 1. The lowest BCUT2D eigenvalue weighted by Crippen LogP contribution is -2.40. The van der Waals surface area contributed by atoms with Crippen molar-refractivity contribution in [3.63, 3.8) is 0 Å². The van der Waals surface area contributed by atoms with E-state index in [9.17, 15) is 13.2 Å². The van der Waals surface area contributed by atoms with E-state index in [4.69, 9.17) is 4.42 Å². The molecule has 0 spiro atoms. The van der Waals surface area contributed by atoms with Crippen molar-refractivity contribution in [2.24, 2.45) is 0 Å². The van der Waals surface area contributed by atoms with Gasteiger partial charge in [0, 0.05) is 43.3 Å². The Morgan fingerprint density at radius 1 is 1.10 bits per heavy atom. The van der Waals surface area contributed by atoms with E-state index in [0.29, 0.717) is 18.5 Å². The molecule has 3 aromatic rings. The summed E-state index contributed by atoms with van der Waals surface area (Å²) in [7, 11) is 0.809. The van der Waals surface area contributed by atoms with Crippen LogP contribution in [0.15, 0.2) is 52.9 Å². The minimum Gasteiger partial charge on any atom is -0.451 e. The van der Waals surface area contributed by atoms with Crippen LogP contribution < -0.4 is 4.90 Å². The normalized spacial score (nSPS) is 17.9. The monoisotopic (exact) mass is 426 g/mol. The molecule has 1 fully saturated rings. The van der Waals surface area contributed by atoms with Gasteiger partial charge in [-0.15, -0.1) is 0 Å². The molecule has 0 N–H and O–H groups in total. The number of hydrogen-bond donors (Lipinski definition) is 0. The van der Waals surface area contributed by atoms with Crippen LogP contribution in [0, 0.1) is 6.92 Å². The fourth-order valence-electron chi connectivity index (χ4n) is 3.99. The highest BCUT2D eigenvalue weighted by atomic mass is 32.2. The first-order valence-corrected chi connectivity index (χ1v) is 11.8. The van der Waals surface area contributed by atoms with Gasteiger partial charge in [0.25, 0.3) is 5.91 Å². The van der Waals surface area contributed by atoms with Gasteiger partial charge < -0.3 is 14.2 Å². The minimum absolute atomic E-state index is 0.00615. The zero-order valence-corrected chi connectivity index (χ0v) is 18.3. The van der Waals surface area contributed by atoms with Gasteiger partial charge in [-0.3, -0.25) is 4.79 Å². The van der Waals surface area contributed by atoms with Gasteiger partial charge in [0.15, 0.2) is 15.6 Å². The summed E-state index contributed by atoms with van der Waals surface area (Å²) in [5.41, 5.74) is 3.46. The number of nitrogens with zero attached hydrogens (tertiary/aromatic N) is 2. The Bertz CT molecular complexity index is 1180. The van der Waals surface area contributed by atoms with Crippen LogP contribution in [-0.2, 0) is 16.4 Å².